The smallest absolute Gasteiger partial charge is 0.160 e. The van der Waals surface area contributed by atoms with E-state index < -0.39 is 0 Å². The molecule has 0 fully saturated rings. The molecule has 20 heteroatoms. The molecule has 0 bridgehead atoms. The van der Waals surface area contributed by atoms with E-state index in [2.05, 4.69) is 0 Å². The van der Waals surface area contributed by atoms with Crippen LogP contribution in [0.2, 0.25) is 0 Å². The van der Waals surface area contributed by atoms with Crippen LogP contribution in [0.5, 0.6) is 0 Å². The van der Waals surface area contributed by atoms with E-state index in [9.17, 15) is 0 Å². The number of hydrogen-bond donors (Lipinski definition) is 0. The molecule has 9 aromatic carbocycles. The summed E-state index contributed by atoms with van der Waals surface area (Å²) in [4.78, 5) is 10.2. The van der Waals surface area contributed by atoms with Crippen molar-refractivity contribution in [1.29, 1.82) is 0 Å². The van der Waals surface area contributed by atoms with Crippen LogP contribution in [0.3, 0.4) is 0 Å². The molecule has 3 nitrogen and oxygen atoms in total. The van der Waals surface area contributed by atoms with E-state index >= 15 is 0 Å². The van der Waals surface area contributed by atoms with Gasteiger partial charge in [0.2, 0.25) is 0 Å². The zero-order valence-corrected chi connectivity index (χ0v) is 40.1. The third-order valence-electron chi connectivity index (χ3n) is 14.4. The Balaban J connectivity index is 1.27. The molecule has 0 N–H and O–H groups in total. The van der Waals surface area contributed by atoms with E-state index in [4.69, 9.17) is 136 Å². The number of aromatic nitrogens is 3. The van der Waals surface area contributed by atoms with Crippen molar-refractivity contribution in [3.8, 4) is 50.7 Å². The van der Waals surface area contributed by atoms with Gasteiger partial charge in [-0.2, -0.15) is 0 Å². The molecular weight excluding hydrogens is 896 g/mol. The van der Waals surface area contributed by atoms with E-state index in [1.807, 2.05) is 103 Å². The third kappa shape index (κ3) is 6.75. The Kier molecular flexibility index (Phi) is 11.6. The number of thiophene rings is 1. The molecule has 0 aliphatic rings. The first kappa shape index (κ1) is 48.6. The van der Waals surface area contributed by atoms with Crippen molar-refractivity contribution in [2.45, 2.75) is 0 Å². The second-order valence-electron chi connectivity index (χ2n) is 18.3. The van der Waals surface area contributed by atoms with Crippen LogP contribution in [0.25, 0.3) is 114 Å². The Hall–Kier alpha value is -6.36. The van der Waals surface area contributed by atoms with Gasteiger partial charge in [-0.15, -0.1) is 44.1 Å². The summed E-state index contributed by atoms with van der Waals surface area (Å²) in [7, 11) is 110. The molecule has 3 aromatic heterocycles. The fraction of sp³-hybridized carbons (Fsp3) is 0. The SMILES string of the molecule is [B]c1c([B])c([B])c2c(sc3c([B])c(-n4c5c([B])c([B])c([B])c([B])c5c5c([B])c6c([B])c([B])c([B])c([B])c6c([B])c54)c([B])c(-c4ccc(-c5cc(-c6ccccc6)nc(-c6ccccc6)n5)c5ccccc45)c32)c1[B]. The van der Waals surface area contributed by atoms with Crippen LogP contribution in [0.1, 0.15) is 0 Å². The van der Waals surface area contributed by atoms with Crippen molar-refractivity contribution < 1.29 is 0 Å². The van der Waals surface area contributed by atoms with Crippen molar-refractivity contribution in [2.24, 2.45) is 0 Å². The second-order valence-corrected chi connectivity index (χ2v) is 19.3. The highest BCUT2D eigenvalue weighted by Crippen LogP contribution is 2.43. The van der Waals surface area contributed by atoms with Crippen LogP contribution in [0.4, 0.5) is 0 Å². The van der Waals surface area contributed by atoms with Gasteiger partial charge in [0.1, 0.15) is 126 Å². The zero-order chi connectivity index (χ0) is 52.1. The Morgan fingerprint density at radius 2 is 0.770 bits per heavy atom. The minimum Gasteiger partial charge on any atom is -0.312 e. The first-order valence-corrected chi connectivity index (χ1v) is 23.8. The summed E-state index contributed by atoms with van der Waals surface area (Å²) >= 11 is 1.25. The van der Waals surface area contributed by atoms with E-state index in [0.29, 0.717) is 42.8 Å². The normalized spacial score (nSPS) is 11.8. The molecule has 0 unspecified atom stereocenters. The molecule has 0 aliphatic heterocycles. The maximum Gasteiger partial charge on any atom is 0.160 e. The molecular formula is C54H17B16N3S. The highest BCUT2D eigenvalue weighted by Gasteiger charge is 2.30. The predicted molar refractivity (Wildman–Crippen MR) is 332 cm³/mol. The molecule has 74 heavy (non-hydrogen) atoms. The molecule has 3 heterocycles. The van der Waals surface area contributed by atoms with Gasteiger partial charge in [-0.05, 0) is 49.5 Å². The minimum absolute atomic E-state index is 0.00108. The molecule has 0 aliphatic carbocycles. The number of rotatable bonds is 5. The molecule has 12 aromatic rings. The van der Waals surface area contributed by atoms with E-state index in [1.165, 1.54) is 11.3 Å². The minimum atomic E-state index is -0.0165. The van der Waals surface area contributed by atoms with Crippen LogP contribution in [-0.4, -0.2) is 140 Å². The maximum absolute atomic E-state index is 7.80. The van der Waals surface area contributed by atoms with Crippen LogP contribution in [-0.2, 0) is 0 Å². The van der Waals surface area contributed by atoms with Gasteiger partial charge in [-0.3, -0.25) is 0 Å². The van der Waals surface area contributed by atoms with Gasteiger partial charge in [0.25, 0.3) is 0 Å². The highest BCUT2D eigenvalue weighted by atomic mass is 32.1. The summed E-state index contributed by atoms with van der Waals surface area (Å²) in [6.45, 7) is 0. The summed E-state index contributed by atoms with van der Waals surface area (Å²) in [5.41, 5.74) is 6.97. The average molecular weight is 913 g/mol. The number of hydrogen-bond acceptors (Lipinski definition) is 3. The molecule has 0 atom stereocenters. The van der Waals surface area contributed by atoms with E-state index in [-0.39, 0.29) is 126 Å². The Morgan fingerprint density at radius 3 is 1.39 bits per heavy atom. The molecule has 0 saturated heterocycles. The van der Waals surface area contributed by atoms with Gasteiger partial charge in [-0.25, -0.2) is 9.97 Å². The van der Waals surface area contributed by atoms with Gasteiger partial charge in [-0.1, -0.05) is 152 Å². The second kappa shape index (κ2) is 17.6. The van der Waals surface area contributed by atoms with E-state index in [1.54, 1.807) is 4.57 Å². The molecule has 302 valence electrons. The topological polar surface area (TPSA) is 30.7 Å². The lowest BCUT2D eigenvalue weighted by Gasteiger charge is -2.25. The van der Waals surface area contributed by atoms with Crippen molar-refractivity contribution >= 4 is 288 Å². The van der Waals surface area contributed by atoms with Crippen LogP contribution in [0, 0.1) is 0 Å². The summed E-state index contributed by atoms with van der Waals surface area (Å²) in [5, 5.41) is 3.65. The highest BCUT2D eigenvalue weighted by molar-refractivity contribution is 7.28. The predicted octanol–water partition coefficient (Wildman–Crippen LogP) is -4.38. The molecule has 32 radical (unpaired) electrons. The molecule has 0 saturated carbocycles. The average Bonchev–Trinajstić information content (AvgIpc) is 4.09. The van der Waals surface area contributed by atoms with Gasteiger partial charge in [0.15, 0.2) is 5.82 Å². The fourth-order valence-corrected chi connectivity index (χ4v) is 11.9. The standard InChI is InChI=1S/C54H17B16N3S/c55-33-28-29(35(57)41(63)40(62)34(28)56)39(61)49-30(33)31-36(58)42(64)44(66)46(68)50(31)73(49)51-38(60)26(27-32-37(59)43(65)45(67)47(69)53(32)74-52(27)48(51)70)23-16-15-22(20-13-7-8-14-21(20)23)25-17-24(18-9-3-1-4-10-18)71-54(72-25)19-11-5-2-6-12-19/h1-17H. The van der Waals surface area contributed by atoms with E-state index in [0.717, 1.165) is 33.2 Å². The summed E-state index contributed by atoms with van der Waals surface area (Å²) < 4.78 is 2.71. The first-order valence-electron chi connectivity index (χ1n) is 23.0. The quantitative estimate of drug-likeness (QED) is 0.164. The lowest BCUT2D eigenvalue weighted by atomic mass is 9.61. The maximum atomic E-state index is 7.80. The fourth-order valence-electron chi connectivity index (χ4n) is 10.7. The van der Waals surface area contributed by atoms with Gasteiger partial charge in [0, 0.05) is 53.6 Å². The number of nitrogens with zero attached hydrogens (tertiary/aromatic N) is 3. The van der Waals surface area contributed by atoms with Crippen LogP contribution < -0.4 is 87.4 Å². The van der Waals surface area contributed by atoms with Crippen molar-refractivity contribution in [1.82, 2.24) is 14.5 Å². The van der Waals surface area contributed by atoms with Gasteiger partial charge >= 0.3 is 0 Å². The summed E-state index contributed by atoms with van der Waals surface area (Å²) in [5.74, 6) is 0.552. The lowest BCUT2D eigenvalue weighted by molar-refractivity contribution is 1.18. The molecule has 0 spiro atoms. The van der Waals surface area contributed by atoms with Gasteiger partial charge in [0.05, 0.1) is 11.4 Å². The van der Waals surface area contributed by atoms with Gasteiger partial charge < -0.3 is 4.57 Å². The number of fused-ring (bicyclic) bond motifs is 8. The van der Waals surface area contributed by atoms with Crippen LogP contribution in [0.15, 0.2) is 103 Å². The first-order chi connectivity index (χ1) is 35.4. The Bertz CT molecular complexity index is 4440. The third-order valence-corrected chi connectivity index (χ3v) is 15.6. The summed E-state index contributed by atoms with van der Waals surface area (Å²) in [6, 6.07) is 33.7. The monoisotopic (exact) mass is 915 g/mol. The van der Waals surface area contributed by atoms with Crippen LogP contribution >= 0.6 is 11.3 Å². The number of benzene rings is 9. The van der Waals surface area contributed by atoms with Crippen molar-refractivity contribution in [3.05, 3.63) is 103 Å². The largest absolute Gasteiger partial charge is 0.312 e. The summed E-state index contributed by atoms with van der Waals surface area (Å²) in [6.07, 6.45) is 0. The molecule has 12 rings (SSSR count). The zero-order valence-electron chi connectivity index (χ0n) is 39.3. The van der Waals surface area contributed by atoms with Crippen molar-refractivity contribution in [2.75, 3.05) is 0 Å². The Labute approximate surface area is 453 Å². The molecule has 0 amide bonds. The Morgan fingerprint density at radius 1 is 0.324 bits per heavy atom. The lowest BCUT2D eigenvalue weighted by Crippen LogP contribution is -2.50. The van der Waals surface area contributed by atoms with Crippen molar-refractivity contribution in [3.63, 3.8) is 0 Å².